The number of hydrogen-bond acceptors (Lipinski definition) is 3. The summed E-state index contributed by atoms with van der Waals surface area (Å²) in [6.45, 7) is 4.69. The van der Waals surface area contributed by atoms with E-state index in [1.807, 2.05) is 39.2 Å². The van der Waals surface area contributed by atoms with Crippen LogP contribution in [0.5, 0.6) is 0 Å². The van der Waals surface area contributed by atoms with Crippen LogP contribution in [-0.4, -0.2) is 49.6 Å². The normalized spacial score (nSPS) is 16.5. The maximum absolute atomic E-state index is 11.8. The van der Waals surface area contributed by atoms with Gasteiger partial charge in [0, 0.05) is 19.6 Å². The second-order valence-corrected chi connectivity index (χ2v) is 4.94. The summed E-state index contributed by atoms with van der Waals surface area (Å²) in [6, 6.07) is 0.314. The Bertz CT molecular complexity index is 408. The SMILES string of the molecule is CCN(C)C(=O)OC1=CC=CCC(C(C)N(C)C)=C1. The van der Waals surface area contributed by atoms with E-state index in [0.29, 0.717) is 18.3 Å². The first-order valence-corrected chi connectivity index (χ1v) is 6.62. The highest BCUT2D eigenvalue weighted by Crippen LogP contribution is 2.19. The van der Waals surface area contributed by atoms with Crippen LogP contribution in [0.2, 0.25) is 0 Å². The van der Waals surface area contributed by atoms with E-state index in [-0.39, 0.29) is 6.09 Å². The molecule has 19 heavy (non-hydrogen) atoms. The van der Waals surface area contributed by atoms with Crippen molar-refractivity contribution in [2.45, 2.75) is 26.3 Å². The summed E-state index contributed by atoms with van der Waals surface area (Å²) in [5.41, 5.74) is 1.23. The number of carbonyl (C=O) groups is 1. The zero-order valence-electron chi connectivity index (χ0n) is 12.5. The van der Waals surface area contributed by atoms with Gasteiger partial charge in [-0.15, -0.1) is 0 Å². The molecule has 0 saturated carbocycles. The van der Waals surface area contributed by atoms with Crippen LogP contribution in [0.3, 0.4) is 0 Å². The zero-order chi connectivity index (χ0) is 14.4. The summed E-state index contributed by atoms with van der Waals surface area (Å²) < 4.78 is 5.39. The number of likely N-dealkylation sites (N-methyl/N-ethyl adjacent to an activating group) is 1. The van der Waals surface area contributed by atoms with Crippen molar-refractivity contribution in [3.8, 4) is 0 Å². The topological polar surface area (TPSA) is 32.8 Å². The fourth-order valence-corrected chi connectivity index (χ4v) is 1.65. The first kappa shape index (κ1) is 15.5. The second-order valence-electron chi connectivity index (χ2n) is 4.94. The van der Waals surface area contributed by atoms with Gasteiger partial charge in [0.2, 0.25) is 0 Å². The van der Waals surface area contributed by atoms with Gasteiger partial charge in [-0.1, -0.05) is 12.2 Å². The standard InChI is InChI=1S/C15H24N2O2/c1-6-17(5)15(18)19-14-10-8-7-9-13(11-14)12(2)16(3)4/h7-8,10-12H,6,9H2,1-5H3. The molecule has 1 unspecified atom stereocenters. The van der Waals surface area contributed by atoms with Gasteiger partial charge < -0.3 is 14.5 Å². The molecular formula is C15H24N2O2. The molecule has 0 spiro atoms. The molecule has 1 aliphatic carbocycles. The van der Waals surface area contributed by atoms with E-state index in [0.717, 1.165) is 6.42 Å². The summed E-state index contributed by atoms with van der Waals surface area (Å²) >= 11 is 0. The average Bonchev–Trinajstić information content (AvgIpc) is 2.62. The molecule has 4 heteroatoms. The number of rotatable bonds is 4. The van der Waals surface area contributed by atoms with Crippen LogP contribution in [0.4, 0.5) is 4.79 Å². The van der Waals surface area contributed by atoms with Gasteiger partial charge in [-0.25, -0.2) is 4.79 Å². The van der Waals surface area contributed by atoms with Crippen molar-refractivity contribution in [1.29, 1.82) is 0 Å². The van der Waals surface area contributed by atoms with Crippen molar-refractivity contribution in [3.63, 3.8) is 0 Å². The highest BCUT2D eigenvalue weighted by molar-refractivity contribution is 5.69. The number of nitrogens with zero attached hydrogens (tertiary/aromatic N) is 2. The van der Waals surface area contributed by atoms with E-state index < -0.39 is 0 Å². The van der Waals surface area contributed by atoms with E-state index in [2.05, 4.69) is 17.9 Å². The Morgan fingerprint density at radius 3 is 2.68 bits per heavy atom. The first-order chi connectivity index (χ1) is 8.95. The first-order valence-electron chi connectivity index (χ1n) is 6.62. The molecule has 0 bridgehead atoms. The van der Waals surface area contributed by atoms with Crippen molar-refractivity contribution in [1.82, 2.24) is 9.80 Å². The van der Waals surface area contributed by atoms with Crippen molar-refractivity contribution >= 4 is 6.09 Å². The number of carbonyl (C=O) groups excluding carboxylic acids is 1. The Morgan fingerprint density at radius 2 is 2.11 bits per heavy atom. The van der Waals surface area contributed by atoms with Crippen molar-refractivity contribution in [3.05, 3.63) is 35.6 Å². The number of amides is 1. The maximum atomic E-state index is 11.8. The Morgan fingerprint density at radius 1 is 1.42 bits per heavy atom. The lowest BCUT2D eigenvalue weighted by Gasteiger charge is -2.22. The van der Waals surface area contributed by atoms with E-state index in [9.17, 15) is 4.79 Å². The lowest BCUT2D eigenvalue weighted by molar-refractivity contribution is 0.143. The minimum Gasteiger partial charge on any atom is -0.410 e. The summed E-state index contributed by atoms with van der Waals surface area (Å²) in [4.78, 5) is 15.4. The molecule has 0 aromatic carbocycles. The highest BCUT2D eigenvalue weighted by Gasteiger charge is 2.15. The molecule has 0 N–H and O–H groups in total. The van der Waals surface area contributed by atoms with Crippen LogP contribution in [0.15, 0.2) is 35.6 Å². The van der Waals surface area contributed by atoms with Gasteiger partial charge in [-0.3, -0.25) is 0 Å². The molecule has 0 fully saturated rings. The highest BCUT2D eigenvalue weighted by atomic mass is 16.6. The molecule has 0 saturated heterocycles. The van der Waals surface area contributed by atoms with Crippen molar-refractivity contribution < 1.29 is 9.53 Å². The van der Waals surface area contributed by atoms with Gasteiger partial charge in [-0.05, 0) is 52.1 Å². The van der Waals surface area contributed by atoms with Gasteiger partial charge in [0.15, 0.2) is 0 Å². The molecule has 106 valence electrons. The van der Waals surface area contributed by atoms with Crippen LogP contribution in [0, 0.1) is 0 Å². The third-order valence-corrected chi connectivity index (χ3v) is 3.38. The summed E-state index contributed by atoms with van der Waals surface area (Å²) in [5.74, 6) is 0.600. The summed E-state index contributed by atoms with van der Waals surface area (Å²) in [7, 11) is 5.81. The van der Waals surface area contributed by atoms with E-state index in [4.69, 9.17) is 4.74 Å². The van der Waals surface area contributed by atoms with E-state index >= 15 is 0 Å². The largest absolute Gasteiger partial charge is 0.414 e. The molecule has 0 radical (unpaired) electrons. The lowest BCUT2D eigenvalue weighted by atomic mass is 10.0. The predicted octanol–water partition coefficient (Wildman–Crippen LogP) is 2.80. The molecule has 1 aliphatic rings. The molecule has 0 heterocycles. The van der Waals surface area contributed by atoms with Gasteiger partial charge in [-0.2, -0.15) is 0 Å². The number of hydrogen-bond donors (Lipinski definition) is 0. The average molecular weight is 264 g/mol. The van der Waals surface area contributed by atoms with Crippen molar-refractivity contribution in [2.24, 2.45) is 0 Å². The van der Waals surface area contributed by atoms with E-state index in [1.54, 1.807) is 11.9 Å². The fourth-order valence-electron chi connectivity index (χ4n) is 1.65. The molecule has 1 atom stereocenters. The van der Waals surface area contributed by atoms with Gasteiger partial charge in [0.1, 0.15) is 5.76 Å². The van der Waals surface area contributed by atoms with Crippen LogP contribution >= 0.6 is 0 Å². The molecular weight excluding hydrogens is 240 g/mol. The molecule has 1 amide bonds. The third kappa shape index (κ3) is 4.56. The Labute approximate surface area is 116 Å². The van der Waals surface area contributed by atoms with E-state index in [1.165, 1.54) is 5.57 Å². The van der Waals surface area contributed by atoms with Gasteiger partial charge >= 0.3 is 6.09 Å². The minimum absolute atomic E-state index is 0.314. The summed E-state index contributed by atoms with van der Waals surface area (Å²) in [5, 5.41) is 0. The molecule has 4 nitrogen and oxygen atoms in total. The quantitative estimate of drug-likeness (QED) is 0.782. The second kappa shape index (κ2) is 7.14. The van der Waals surface area contributed by atoms with Crippen LogP contribution in [-0.2, 0) is 4.74 Å². The van der Waals surface area contributed by atoms with Crippen LogP contribution < -0.4 is 0 Å². The predicted molar refractivity (Wildman–Crippen MR) is 77.9 cm³/mol. The Hall–Kier alpha value is -1.55. The fraction of sp³-hybridized carbons (Fsp3) is 0.533. The van der Waals surface area contributed by atoms with Crippen LogP contribution in [0.1, 0.15) is 20.3 Å². The molecule has 0 aromatic heterocycles. The van der Waals surface area contributed by atoms with Crippen LogP contribution in [0.25, 0.3) is 0 Å². The van der Waals surface area contributed by atoms with Gasteiger partial charge in [0.25, 0.3) is 0 Å². The number of allylic oxidation sites excluding steroid dienone is 4. The molecule has 1 rings (SSSR count). The molecule has 0 aliphatic heterocycles. The van der Waals surface area contributed by atoms with Gasteiger partial charge in [0.05, 0.1) is 0 Å². The monoisotopic (exact) mass is 264 g/mol. The molecule has 0 aromatic rings. The minimum atomic E-state index is -0.322. The van der Waals surface area contributed by atoms with Crippen molar-refractivity contribution in [2.75, 3.05) is 27.7 Å². The Kier molecular flexibility index (Phi) is 5.83. The third-order valence-electron chi connectivity index (χ3n) is 3.38. The Balaban J connectivity index is 2.82. The number of ether oxygens (including phenoxy) is 1. The summed E-state index contributed by atoms with van der Waals surface area (Å²) in [6.07, 6.45) is 8.36. The lowest BCUT2D eigenvalue weighted by Crippen LogP contribution is -2.28. The smallest absolute Gasteiger partial charge is 0.410 e. The zero-order valence-corrected chi connectivity index (χ0v) is 12.5. The maximum Gasteiger partial charge on any atom is 0.414 e.